The van der Waals surface area contributed by atoms with Gasteiger partial charge in [-0.05, 0) is 37.8 Å². The van der Waals surface area contributed by atoms with Crippen LogP contribution < -0.4 is 5.73 Å². The van der Waals surface area contributed by atoms with E-state index in [9.17, 15) is 0 Å². The summed E-state index contributed by atoms with van der Waals surface area (Å²) in [5.41, 5.74) is 7.63. The molecule has 0 spiro atoms. The topological polar surface area (TPSA) is 48.1 Å². The van der Waals surface area contributed by atoms with E-state index in [4.69, 9.17) is 5.73 Å². The fourth-order valence-corrected chi connectivity index (χ4v) is 4.02. The van der Waals surface area contributed by atoms with E-state index in [1.807, 2.05) is 0 Å². The molecule has 1 unspecified atom stereocenters. The summed E-state index contributed by atoms with van der Waals surface area (Å²) in [7, 11) is 2.22. The molecule has 0 aliphatic carbocycles. The van der Waals surface area contributed by atoms with Crippen molar-refractivity contribution in [2.24, 2.45) is 16.6 Å². The molecular formula is C21H35N5. The maximum atomic E-state index is 6.21. The summed E-state index contributed by atoms with van der Waals surface area (Å²) in [4.78, 5) is 12.0. The average Bonchev–Trinajstić information content (AvgIpc) is 2.67. The Bertz CT molecular complexity index is 565. The predicted molar refractivity (Wildman–Crippen MR) is 109 cm³/mol. The molecule has 1 aromatic rings. The van der Waals surface area contributed by atoms with Gasteiger partial charge in [0.2, 0.25) is 0 Å². The highest BCUT2D eigenvalue weighted by atomic mass is 15.3. The minimum atomic E-state index is 0.486. The van der Waals surface area contributed by atoms with Crippen LogP contribution in [0.15, 0.2) is 35.3 Å². The lowest BCUT2D eigenvalue weighted by Crippen LogP contribution is -2.47. The Labute approximate surface area is 158 Å². The van der Waals surface area contributed by atoms with Crippen LogP contribution in [0.1, 0.15) is 37.8 Å². The minimum absolute atomic E-state index is 0.486. The molecule has 2 heterocycles. The molecule has 144 valence electrons. The Balaban J connectivity index is 1.49. The number of hydrogen-bond acceptors (Lipinski definition) is 3. The lowest BCUT2D eigenvalue weighted by molar-refractivity contribution is 0.0894. The van der Waals surface area contributed by atoms with Gasteiger partial charge in [0.25, 0.3) is 0 Å². The van der Waals surface area contributed by atoms with Crippen LogP contribution in [0.25, 0.3) is 0 Å². The van der Waals surface area contributed by atoms with Crippen LogP contribution in [0.5, 0.6) is 0 Å². The molecule has 2 aliphatic rings. The van der Waals surface area contributed by atoms with Crippen LogP contribution in [-0.4, -0.2) is 73.5 Å². The quantitative estimate of drug-likeness (QED) is 0.499. The van der Waals surface area contributed by atoms with Gasteiger partial charge in [-0.1, -0.05) is 37.3 Å². The fourth-order valence-electron chi connectivity index (χ4n) is 4.02. The van der Waals surface area contributed by atoms with Crippen LogP contribution in [0.4, 0.5) is 0 Å². The summed E-state index contributed by atoms with van der Waals surface area (Å²) >= 11 is 0. The molecule has 0 amide bonds. The van der Waals surface area contributed by atoms with Crippen molar-refractivity contribution in [1.82, 2.24) is 14.7 Å². The standard InChI is InChI=1S/C21H35N5/c1-18-9-13-26(14-10-18)21(22)23-11-6-12-25-16-15-24(2)17-20(25)19-7-4-3-5-8-19/h3-5,7-8,18,20H,6,9-17H2,1-2H3,(H2,22,23). The smallest absolute Gasteiger partial charge is 0.191 e. The number of hydrogen-bond donors (Lipinski definition) is 1. The largest absolute Gasteiger partial charge is 0.370 e. The highest BCUT2D eigenvalue weighted by Gasteiger charge is 2.26. The van der Waals surface area contributed by atoms with Gasteiger partial charge in [0, 0.05) is 51.9 Å². The monoisotopic (exact) mass is 357 g/mol. The first-order chi connectivity index (χ1) is 12.6. The Morgan fingerprint density at radius 3 is 2.58 bits per heavy atom. The number of likely N-dealkylation sites (tertiary alicyclic amines) is 1. The van der Waals surface area contributed by atoms with Gasteiger partial charge in [-0.2, -0.15) is 0 Å². The van der Waals surface area contributed by atoms with Crippen molar-refractivity contribution in [3.8, 4) is 0 Å². The zero-order valence-electron chi connectivity index (χ0n) is 16.5. The van der Waals surface area contributed by atoms with Crippen LogP contribution in [0, 0.1) is 5.92 Å². The number of guanidine groups is 1. The second kappa shape index (κ2) is 9.38. The second-order valence-corrected chi connectivity index (χ2v) is 7.99. The van der Waals surface area contributed by atoms with Crippen molar-refractivity contribution in [1.29, 1.82) is 0 Å². The number of rotatable bonds is 5. The third-order valence-electron chi connectivity index (χ3n) is 5.86. The minimum Gasteiger partial charge on any atom is -0.370 e. The number of likely N-dealkylation sites (N-methyl/N-ethyl adjacent to an activating group) is 1. The summed E-state index contributed by atoms with van der Waals surface area (Å²) in [6, 6.07) is 11.4. The number of benzene rings is 1. The zero-order valence-corrected chi connectivity index (χ0v) is 16.5. The van der Waals surface area contributed by atoms with E-state index in [-0.39, 0.29) is 0 Å². The first-order valence-corrected chi connectivity index (χ1v) is 10.2. The van der Waals surface area contributed by atoms with E-state index in [0.29, 0.717) is 6.04 Å². The number of nitrogens with two attached hydrogens (primary N) is 1. The highest BCUT2D eigenvalue weighted by Crippen LogP contribution is 2.24. The molecular weight excluding hydrogens is 322 g/mol. The first-order valence-electron chi connectivity index (χ1n) is 10.2. The summed E-state index contributed by atoms with van der Waals surface area (Å²) in [6.45, 7) is 9.72. The predicted octanol–water partition coefficient (Wildman–Crippen LogP) is 2.41. The summed E-state index contributed by atoms with van der Waals surface area (Å²) in [5.74, 6) is 1.57. The summed E-state index contributed by atoms with van der Waals surface area (Å²) in [6.07, 6.45) is 3.53. The molecule has 1 atom stereocenters. The van der Waals surface area contributed by atoms with Crippen molar-refractivity contribution < 1.29 is 0 Å². The van der Waals surface area contributed by atoms with Crippen molar-refractivity contribution in [3.63, 3.8) is 0 Å². The molecule has 0 saturated carbocycles. The fraction of sp³-hybridized carbons (Fsp3) is 0.667. The molecule has 0 bridgehead atoms. The van der Waals surface area contributed by atoms with Crippen LogP contribution in [-0.2, 0) is 0 Å². The second-order valence-electron chi connectivity index (χ2n) is 7.99. The Morgan fingerprint density at radius 1 is 1.12 bits per heavy atom. The van der Waals surface area contributed by atoms with E-state index >= 15 is 0 Å². The first kappa shape index (κ1) is 19.2. The van der Waals surface area contributed by atoms with Gasteiger partial charge in [0.1, 0.15) is 0 Å². The van der Waals surface area contributed by atoms with Crippen molar-refractivity contribution in [2.75, 3.05) is 52.9 Å². The zero-order chi connectivity index (χ0) is 18.4. The molecule has 1 aromatic carbocycles. The normalized spacial score (nSPS) is 24.2. The van der Waals surface area contributed by atoms with Crippen LogP contribution in [0.3, 0.4) is 0 Å². The Hall–Kier alpha value is -1.59. The number of aliphatic imine (C=N–C) groups is 1. The molecule has 5 nitrogen and oxygen atoms in total. The van der Waals surface area contributed by atoms with Gasteiger partial charge in [0.15, 0.2) is 5.96 Å². The van der Waals surface area contributed by atoms with Crippen molar-refractivity contribution in [2.45, 2.75) is 32.2 Å². The number of nitrogens with zero attached hydrogens (tertiary/aromatic N) is 4. The Morgan fingerprint density at radius 2 is 1.85 bits per heavy atom. The maximum absolute atomic E-state index is 6.21. The van der Waals surface area contributed by atoms with E-state index in [2.05, 4.69) is 64.0 Å². The third-order valence-corrected chi connectivity index (χ3v) is 5.86. The maximum Gasteiger partial charge on any atom is 0.191 e. The summed E-state index contributed by atoms with van der Waals surface area (Å²) < 4.78 is 0. The van der Waals surface area contributed by atoms with Crippen LogP contribution >= 0.6 is 0 Å². The molecule has 2 aliphatic heterocycles. The van der Waals surface area contributed by atoms with Gasteiger partial charge < -0.3 is 15.5 Å². The summed E-state index contributed by atoms with van der Waals surface area (Å²) in [5, 5.41) is 0. The third kappa shape index (κ3) is 5.21. The lowest BCUT2D eigenvalue weighted by atomic mass is 10.00. The molecule has 2 fully saturated rings. The highest BCUT2D eigenvalue weighted by molar-refractivity contribution is 5.78. The number of piperidine rings is 1. The SMILES string of the molecule is CC1CCN(C(N)=NCCCN2CCN(C)CC2c2ccccc2)CC1. The van der Waals surface area contributed by atoms with Crippen molar-refractivity contribution >= 4 is 5.96 Å². The van der Waals surface area contributed by atoms with Gasteiger partial charge in [-0.25, -0.2) is 0 Å². The molecule has 5 heteroatoms. The molecule has 0 aromatic heterocycles. The molecule has 26 heavy (non-hydrogen) atoms. The van der Waals surface area contributed by atoms with E-state index in [0.717, 1.165) is 64.1 Å². The van der Waals surface area contributed by atoms with Crippen LogP contribution in [0.2, 0.25) is 0 Å². The van der Waals surface area contributed by atoms with Gasteiger partial charge in [-0.3, -0.25) is 9.89 Å². The van der Waals surface area contributed by atoms with E-state index in [1.165, 1.54) is 18.4 Å². The van der Waals surface area contributed by atoms with Gasteiger partial charge >= 0.3 is 0 Å². The van der Waals surface area contributed by atoms with E-state index in [1.54, 1.807) is 0 Å². The van der Waals surface area contributed by atoms with Gasteiger partial charge in [-0.15, -0.1) is 0 Å². The molecule has 2 saturated heterocycles. The Kier molecular flexibility index (Phi) is 6.92. The average molecular weight is 358 g/mol. The van der Waals surface area contributed by atoms with Crippen molar-refractivity contribution in [3.05, 3.63) is 35.9 Å². The molecule has 3 rings (SSSR count). The lowest BCUT2D eigenvalue weighted by Gasteiger charge is -2.40. The molecule has 0 radical (unpaired) electrons. The van der Waals surface area contributed by atoms with E-state index < -0.39 is 0 Å². The molecule has 2 N–H and O–H groups in total. The van der Waals surface area contributed by atoms with Gasteiger partial charge in [0.05, 0.1) is 0 Å². The number of piperazine rings is 1.